The predicted molar refractivity (Wildman–Crippen MR) is 58.6 cm³/mol. The summed E-state index contributed by atoms with van der Waals surface area (Å²) >= 11 is 5.67. The Morgan fingerprint density at radius 1 is 1.43 bits per heavy atom. The molecule has 4 nitrogen and oxygen atoms in total. The molecule has 0 bridgehead atoms. The summed E-state index contributed by atoms with van der Waals surface area (Å²) in [5.74, 6) is 0. The van der Waals surface area contributed by atoms with Crippen LogP contribution in [0.25, 0.3) is 0 Å². The van der Waals surface area contributed by atoms with Crippen LogP contribution in [0.5, 0.6) is 0 Å². The first kappa shape index (κ1) is 12.7. The molecule has 0 spiro atoms. The lowest BCUT2D eigenvalue weighted by Crippen LogP contribution is -1.97. The number of nitrogens with zero attached hydrogens (tertiary/aromatic N) is 1. The minimum absolute atomic E-state index is 0.0931. The summed E-state index contributed by atoms with van der Waals surface area (Å²) in [7, 11) is 0. The normalized spacial score (nSPS) is 8.86. The fourth-order valence-corrected chi connectivity index (χ4v) is 1.11. The van der Waals surface area contributed by atoms with Gasteiger partial charge < -0.3 is 5.73 Å². The fraction of sp³-hybridized carbons (Fsp3) is 0.333. The standard InChI is InChI=1S/C7H7ClN2O2.C2H6/c1-4-2-3-5(9)7(6(4)8)10(11)12;1-2/h2-3H,9H2,1H3;1-2H3. The van der Waals surface area contributed by atoms with E-state index in [-0.39, 0.29) is 16.4 Å². The van der Waals surface area contributed by atoms with Crippen molar-refractivity contribution in [3.63, 3.8) is 0 Å². The zero-order chi connectivity index (χ0) is 11.3. The minimum atomic E-state index is -0.579. The largest absolute Gasteiger partial charge is 0.393 e. The van der Waals surface area contributed by atoms with Crippen LogP contribution in [0.15, 0.2) is 12.1 Å². The van der Waals surface area contributed by atoms with Gasteiger partial charge in [0, 0.05) is 0 Å². The maximum Gasteiger partial charge on any atom is 0.310 e. The summed E-state index contributed by atoms with van der Waals surface area (Å²) < 4.78 is 0. The highest BCUT2D eigenvalue weighted by atomic mass is 35.5. The number of nitrogen functional groups attached to an aromatic ring is 1. The molecule has 0 saturated heterocycles. The zero-order valence-corrected chi connectivity index (χ0v) is 9.13. The number of benzene rings is 1. The molecule has 1 aromatic rings. The smallest absolute Gasteiger partial charge is 0.310 e. The lowest BCUT2D eigenvalue weighted by molar-refractivity contribution is -0.383. The number of rotatable bonds is 1. The minimum Gasteiger partial charge on any atom is -0.393 e. The third kappa shape index (κ3) is 2.60. The van der Waals surface area contributed by atoms with Gasteiger partial charge in [0.25, 0.3) is 0 Å². The summed E-state index contributed by atoms with van der Waals surface area (Å²) in [6, 6.07) is 3.12. The third-order valence-corrected chi connectivity index (χ3v) is 2.00. The monoisotopic (exact) mass is 216 g/mol. The maximum absolute atomic E-state index is 10.4. The average molecular weight is 217 g/mol. The summed E-state index contributed by atoms with van der Waals surface area (Å²) in [6.45, 7) is 5.69. The molecule has 1 rings (SSSR count). The second-order valence-electron chi connectivity index (χ2n) is 2.39. The molecule has 5 heteroatoms. The molecule has 0 fully saturated rings. The Kier molecular flexibility index (Phi) is 4.94. The highest BCUT2D eigenvalue weighted by molar-refractivity contribution is 6.34. The Bertz CT molecular complexity index is 340. The molecular weight excluding hydrogens is 204 g/mol. The summed E-state index contributed by atoms with van der Waals surface area (Å²) in [4.78, 5) is 9.86. The van der Waals surface area contributed by atoms with Crippen LogP contribution < -0.4 is 5.73 Å². The summed E-state index contributed by atoms with van der Waals surface area (Å²) in [5, 5.41) is 10.5. The van der Waals surface area contributed by atoms with Gasteiger partial charge in [0.1, 0.15) is 10.7 Å². The van der Waals surface area contributed by atoms with Gasteiger partial charge in [0.15, 0.2) is 0 Å². The Morgan fingerprint density at radius 3 is 2.29 bits per heavy atom. The van der Waals surface area contributed by atoms with Gasteiger partial charge in [-0.25, -0.2) is 0 Å². The van der Waals surface area contributed by atoms with Crippen molar-refractivity contribution < 1.29 is 4.92 Å². The van der Waals surface area contributed by atoms with Crippen LogP contribution in [0.2, 0.25) is 5.02 Å². The molecule has 2 N–H and O–H groups in total. The molecule has 0 atom stereocenters. The Morgan fingerprint density at radius 2 is 1.93 bits per heavy atom. The Balaban J connectivity index is 0.000000791. The molecule has 0 saturated carbocycles. The highest BCUT2D eigenvalue weighted by Crippen LogP contribution is 2.32. The number of hydrogen-bond donors (Lipinski definition) is 1. The molecule has 14 heavy (non-hydrogen) atoms. The van der Waals surface area contributed by atoms with Crippen molar-refractivity contribution in [2.24, 2.45) is 0 Å². The highest BCUT2D eigenvalue weighted by Gasteiger charge is 2.17. The van der Waals surface area contributed by atoms with Crippen LogP contribution in [0.4, 0.5) is 11.4 Å². The van der Waals surface area contributed by atoms with Gasteiger partial charge in [-0.2, -0.15) is 0 Å². The number of anilines is 1. The van der Waals surface area contributed by atoms with Gasteiger partial charge in [-0.15, -0.1) is 0 Å². The average Bonchev–Trinajstić information content (AvgIpc) is 2.15. The van der Waals surface area contributed by atoms with E-state index in [0.29, 0.717) is 5.56 Å². The van der Waals surface area contributed by atoms with E-state index in [0.717, 1.165) is 0 Å². The number of hydrogen-bond acceptors (Lipinski definition) is 3. The number of halogens is 1. The van der Waals surface area contributed by atoms with Crippen molar-refractivity contribution in [3.05, 3.63) is 32.8 Å². The molecule has 1 aromatic carbocycles. The van der Waals surface area contributed by atoms with E-state index in [1.807, 2.05) is 13.8 Å². The molecule has 0 aliphatic carbocycles. The first-order valence-corrected chi connectivity index (χ1v) is 4.61. The Hall–Kier alpha value is -1.29. The van der Waals surface area contributed by atoms with Crippen molar-refractivity contribution in [3.8, 4) is 0 Å². The van der Waals surface area contributed by atoms with Gasteiger partial charge in [-0.1, -0.05) is 31.5 Å². The SMILES string of the molecule is CC.Cc1ccc(N)c([N+](=O)[O-])c1Cl. The van der Waals surface area contributed by atoms with E-state index in [1.54, 1.807) is 13.0 Å². The molecule has 0 aromatic heterocycles. The molecule has 0 aliphatic rings. The Labute approximate surface area is 87.8 Å². The molecule has 0 unspecified atom stereocenters. The van der Waals surface area contributed by atoms with Crippen molar-refractivity contribution in [1.82, 2.24) is 0 Å². The van der Waals surface area contributed by atoms with Crippen molar-refractivity contribution in [2.75, 3.05) is 5.73 Å². The van der Waals surface area contributed by atoms with E-state index in [4.69, 9.17) is 17.3 Å². The van der Waals surface area contributed by atoms with Crippen molar-refractivity contribution >= 4 is 23.0 Å². The van der Waals surface area contributed by atoms with Crippen molar-refractivity contribution in [2.45, 2.75) is 20.8 Å². The van der Waals surface area contributed by atoms with Crippen LogP contribution in [0.1, 0.15) is 19.4 Å². The number of aryl methyl sites for hydroxylation is 1. The fourth-order valence-electron chi connectivity index (χ4n) is 0.866. The molecule has 78 valence electrons. The second kappa shape index (κ2) is 5.44. The van der Waals surface area contributed by atoms with E-state index >= 15 is 0 Å². The lowest BCUT2D eigenvalue weighted by Gasteiger charge is -2.01. The van der Waals surface area contributed by atoms with Crippen LogP contribution in [0.3, 0.4) is 0 Å². The van der Waals surface area contributed by atoms with Crippen LogP contribution in [-0.2, 0) is 0 Å². The predicted octanol–water partition coefficient (Wildman–Crippen LogP) is 3.17. The quantitative estimate of drug-likeness (QED) is 0.445. The van der Waals surface area contributed by atoms with Gasteiger partial charge in [0.05, 0.1) is 4.92 Å². The van der Waals surface area contributed by atoms with E-state index < -0.39 is 4.92 Å². The summed E-state index contributed by atoms with van der Waals surface area (Å²) in [5.41, 5.74) is 5.90. The van der Waals surface area contributed by atoms with Crippen LogP contribution in [0, 0.1) is 17.0 Å². The third-order valence-electron chi connectivity index (χ3n) is 1.52. The van der Waals surface area contributed by atoms with Gasteiger partial charge in [-0.05, 0) is 18.6 Å². The second-order valence-corrected chi connectivity index (χ2v) is 2.77. The van der Waals surface area contributed by atoms with E-state index in [1.165, 1.54) is 6.07 Å². The molecule has 0 heterocycles. The summed E-state index contributed by atoms with van der Waals surface area (Å²) in [6.07, 6.45) is 0. The van der Waals surface area contributed by atoms with Crippen LogP contribution in [-0.4, -0.2) is 4.92 Å². The number of nitro benzene ring substituents is 1. The molecule has 0 amide bonds. The molecular formula is C9H13ClN2O2. The van der Waals surface area contributed by atoms with Gasteiger partial charge >= 0.3 is 5.69 Å². The number of nitrogens with two attached hydrogens (primary N) is 1. The topological polar surface area (TPSA) is 69.2 Å². The first-order valence-electron chi connectivity index (χ1n) is 4.23. The van der Waals surface area contributed by atoms with Crippen molar-refractivity contribution in [1.29, 1.82) is 0 Å². The van der Waals surface area contributed by atoms with E-state index in [2.05, 4.69) is 0 Å². The molecule has 0 radical (unpaired) electrons. The lowest BCUT2D eigenvalue weighted by atomic mass is 10.2. The van der Waals surface area contributed by atoms with Gasteiger partial charge in [-0.3, -0.25) is 10.1 Å². The first-order chi connectivity index (χ1) is 6.54. The zero-order valence-electron chi connectivity index (χ0n) is 8.37. The molecule has 0 aliphatic heterocycles. The van der Waals surface area contributed by atoms with Crippen LogP contribution >= 0.6 is 11.6 Å². The van der Waals surface area contributed by atoms with E-state index in [9.17, 15) is 10.1 Å². The van der Waals surface area contributed by atoms with Gasteiger partial charge in [0.2, 0.25) is 0 Å². The maximum atomic E-state index is 10.4. The number of nitro groups is 1.